The highest BCUT2D eigenvalue weighted by molar-refractivity contribution is 7.16. The van der Waals surface area contributed by atoms with E-state index in [-0.39, 0.29) is 11.5 Å². The molecular weight excluding hydrogens is 315 g/mol. The van der Waals surface area contributed by atoms with E-state index >= 15 is 0 Å². The number of aromatic nitrogens is 1. The van der Waals surface area contributed by atoms with Crippen LogP contribution in [0.3, 0.4) is 0 Å². The summed E-state index contributed by atoms with van der Waals surface area (Å²) in [4.78, 5) is 20.5. The maximum Gasteiger partial charge on any atom is 0.279 e. The number of carbonyl (C=O) groups excluding carboxylic acids is 1. The van der Waals surface area contributed by atoms with Crippen LogP contribution >= 0.6 is 11.3 Å². The number of hydrogen-bond donors (Lipinski definition) is 1. The number of thiazole rings is 1. The highest BCUT2D eigenvalue weighted by atomic mass is 32.1. The van der Waals surface area contributed by atoms with Crippen LogP contribution in [-0.2, 0) is 4.79 Å². The van der Waals surface area contributed by atoms with Gasteiger partial charge in [-0.05, 0) is 18.2 Å². The molecule has 3 aromatic rings. The van der Waals surface area contributed by atoms with Crippen molar-refractivity contribution >= 4 is 22.8 Å². The summed E-state index contributed by atoms with van der Waals surface area (Å²) < 4.78 is 13.5. The summed E-state index contributed by atoms with van der Waals surface area (Å²) in [5.74, 6) is -1.20. The molecular formula is C17H9FN2O2S. The van der Waals surface area contributed by atoms with Crippen LogP contribution in [0.2, 0.25) is 0 Å². The first-order valence-electron chi connectivity index (χ1n) is 6.82. The zero-order valence-corrected chi connectivity index (χ0v) is 12.5. The first-order valence-corrected chi connectivity index (χ1v) is 7.63. The zero-order valence-electron chi connectivity index (χ0n) is 11.7. The van der Waals surface area contributed by atoms with Gasteiger partial charge in [0, 0.05) is 10.8 Å². The van der Waals surface area contributed by atoms with E-state index in [0.717, 1.165) is 5.56 Å². The molecule has 0 aliphatic carbocycles. The molecule has 1 aromatic heterocycles. The summed E-state index contributed by atoms with van der Waals surface area (Å²) in [6.45, 7) is 0. The van der Waals surface area contributed by atoms with Crippen LogP contribution in [0.5, 0.6) is 5.88 Å². The average Bonchev–Trinajstić information content (AvgIpc) is 3.07. The second kappa shape index (κ2) is 5.10. The molecule has 4 nitrogen and oxygen atoms in total. The molecule has 2 heterocycles. The van der Waals surface area contributed by atoms with Crippen LogP contribution in [0.4, 0.5) is 4.39 Å². The van der Waals surface area contributed by atoms with Crippen molar-refractivity contribution in [1.29, 1.82) is 0 Å². The quantitative estimate of drug-likeness (QED) is 0.784. The molecule has 0 fully saturated rings. The van der Waals surface area contributed by atoms with Gasteiger partial charge in [-0.2, -0.15) is 0 Å². The minimum absolute atomic E-state index is 0.191. The molecule has 0 radical (unpaired) electrons. The van der Waals surface area contributed by atoms with Gasteiger partial charge in [-0.25, -0.2) is 14.4 Å². The van der Waals surface area contributed by atoms with Crippen LogP contribution in [0, 0.1) is 5.82 Å². The zero-order chi connectivity index (χ0) is 16.0. The molecule has 1 N–H and O–H groups in total. The Morgan fingerprint density at radius 3 is 2.65 bits per heavy atom. The van der Waals surface area contributed by atoms with Crippen LogP contribution in [0.1, 0.15) is 4.88 Å². The lowest BCUT2D eigenvalue weighted by Gasteiger charge is -1.96. The van der Waals surface area contributed by atoms with E-state index in [4.69, 9.17) is 0 Å². The van der Waals surface area contributed by atoms with Gasteiger partial charge in [0.05, 0.1) is 10.9 Å². The third kappa shape index (κ3) is 2.24. The number of rotatable bonds is 2. The Morgan fingerprint density at radius 1 is 1.09 bits per heavy atom. The lowest BCUT2D eigenvalue weighted by atomic mass is 10.1. The van der Waals surface area contributed by atoms with E-state index in [1.54, 1.807) is 0 Å². The normalized spacial score (nSPS) is 13.1. The van der Waals surface area contributed by atoms with E-state index in [2.05, 4.69) is 9.98 Å². The van der Waals surface area contributed by atoms with Crippen LogP contribution in [0.15, 0.2) is 53.5 Å². The molecule has 0 spiro atoms. The fraction of sp³-hybridized carbons (Fsp3) is 0. The van der Waals surface area contributed by atoms with Crippen molar-refractivity contribution in [3.63, 3.8) is 0 Å². The standard InChI is InChI=1S/C17H9FN2O2S/c18-10-6-7-12-11(8-10)13(15(21)19-12)14-16(22)20-17(23-14)9-4-2-1-3-5-9/h1-8,22H. The first kappa shape index (κ1) is 13.8. The fourth-order valence-corrected chi connectivity index (χ4v) is 3.50. The predicted octanol–water partition coefficient (Wildman–Crippen LogP) is 2.01. The van der Waals surface area contributed by atoms with E-state index < -0.39 is 11.7 Å². The number of aromatic hydroxyl groups is 1. The molecule has 112 valence electrons. The maximum absolute atomic E-state index is 13.5. The van der Waals surface area contributed by atoms with E-state index in [0.29, 0.717) is 20.5 Å². The number of nitrogens with zero attached hydrogens (tertiary/aromatic N) is 2. The van der Waals surface area contributed by atoms with Gasteiger partial charge in [0.25, 0.3) is 5.91 Å². The Balaban J connectivity index is 1.96. The molecule has 0 saturated heterocycles. The maximum atomic E-state index is 13.5. The van der Waals surface area contributed by atoms with Crippen molar-refractivity contribution in [2.45, 2.75) is 0 Å². The minimum Gasteiger partial charge on any atom is -0.492 e. The highest BCUT2D eigenvalue weighted by Crippen LogP contribution is 2.36. The van der Waals surface area contributed by atoms with Gasteiger partial charge >= 0.3 is 0 Å². The first-order chi connectivity index (χ1) is 11.1. The van der Waals surface area contributed by atoms with Gasteiger partial charge in [-0.3, -0.25) is 4.79 Å². The van der Waals surface area contributed by atoms with Crippen LogP contribution < -0.4 is 10.6 Å². The summed E-state index contributed by atoms with van der Waals surface area (Å²) in [6.07, 6.45) is 0. The Hall–Kier alpha value is -2.86. The molecule has 23 heavy (non-hydrogen) atoms. The lowest BCUT2D eigenvalue weighted by molar-refractivity contribution is -0.112. The number of fused-ring (bicyclic) bond motifs is 1. The van der Waals surface area contributed by atoms with Crippen molar-refractivity contribution in [2.75, 3.05) is 0 Å². The molecule has 1 amide bonds. The Morgan fingerprint density at radius 2 is 1.87 bits per heavy atom. The van der Waals surface area contributed by atoms with Crippen molar-refractivity contribution in [3.8, 4) is 16.5 Å². The van der Waals surface area contributed by atoms with Gasteiger partial charge < -0.3 is 5.11 Å². The van der Waals surface area contributed by atoms with E-state index in [9.17, 15) is 14.3 Å². The SMILES string of the molecule is O=C1N=c2ccc(F)cc2=C1c1sc(-c2ccccc2)nc1O. The third-order valence-corrected chi connectivity index (χ3v) is 4.63. The predicted molar refractivity (Wildman–Crippen MR) is 83.9 cm³/mol. The van der Waals surface area contributed by atoms with Crippen LogP contribution in [-0.4, -0.2) is 16.0 Å². The number of benzene rings is 2. The summed E-state index contributed by atoms with van der Waals surface area (Å²) in [7, 11) is 0. The second-order valence-corrected chi connectivity index (χ2v) is 5.99. The third-order valence-electron chi connectivity index (χ3n) is 3.52. The van der Waals surface area contributed by atoms with Gasteiger partial charge in [0.1, 0.15) is 15.7 Å². The van der Waals surface area contributed by atoms with E-state index in [1.807, 2.05) is 30.3 Å². The molecule has 0 atom stereocenters. The van der Waals surface area contributed by atoms with E-state index in [1.165, 1.54) is 29.5 Å². The summed E-state index contributed by atoms with van der Waals surface area (Å²) in [5, 5.41) is 11.5. The lowest BCUT2D eigenvalue weighted by Crippen LogP contribution is -2.23. The van der Waals surface area contributed by atoms with Gasteiger partial charge in [-0.1, -0.05) is 30.3 Å². The second-order valence-electron chi connectivity index (χ2n) is 4.99. The molecule has 0 saturated carbocycles. The summed E-state index contributed by atoms with van der Waals surface area (Å²) in [6, 6.07) is 13.3. The van der Waals surface area contributed by atoms with Crippen molar-refractivity contribution < 1.29 is 14.3 Å². The van der Waals surface area contributed by atoms with Crippen molar-refractivity contribution in [1.82, 2.24) is 4.98 Å². The molecule has 1 aliphatic rings. The van der Waals surface area contributed by atoms with Gasteiger partial charge in [0.2, 0.25) is 5.88 Å². The monoisotopic (exact) mass is 324 g/mol. The molecule has 2 aromatic carbocycles. The smallest absolute Gasteiger partial charge is 0.279 e. The van der Waals surface area contributed by atoms with Gasteiger partial charge in [0.15, 0.2) is 0 Å². The molecule has 1 aliphatic heterocycles. The number of hydrogen-bond acceptors (Lipinski definition) is 4. The average molecular weight is 324 g/mol. The number of halogens is 1. The molecule has 0 unspecified atom stereocenters. The molecule has 0 bridgehead atoms. The molecule has 6 heteroatoms. The number of carbonyl (C=O) groups is 1. The van der Waals surface area contributed by atoms with Crippen molar-refractivity contribution in [3.05, 3.63) is 69.8 Å². The number of amides is 1. The Bertz CT molecular complexity index is 1060. The topological polar surface area (TPSA) is 62.5 Å². The molecule has 4 rings (SSSR count). The Labute approximate surface area is 133 Å². The van der Waals surface area contributed by atoms with Crippen molar-refractivity contribution in [2.24, 2.45) is 4.99 Å². The van der Waals surface area contributed by atoms with Gasteiger partial charge in [-0.15, -0.1) is 11.3 Å². The summed E-state index contributed by atoms with van der Waals surface area (Å²) >= 11 is 1.18. The van der Waals surface area contributed by atoms with Crippen LogP contribution in [0.25, 0.3) is 16.1 Å². The highest BCUT2D eigenvalue weighted by Gasteiger charge is 2.25. The summed E-state index contributed by atoms with van der Waals surface area (Å²) in [5.41, 5.74) is 1.03. The fourth-order valence-electron chi connectivity index (χ4n) is 2.49. The largest absolute Gasteiger partial charge is 0.492 e. The Kier molecular flexibility index (Phi) is 3.06. The minimum atomic E-state index is -0.496.